The molecule has 0 bridgehead atoms. The first-order chi connectivity index (χ1) is 2.00. The fraction of sp³-hybridized carbons (Fsp3) is 0. The van der Waals surface area contributed by atoms with Crippen molar-refractivity contribution in [2.24, 2.45) is 0 Å². The molecule has 0 saturated heterocycles. The van der Waals surface area contributed by atoms with Crippen LogP contribution >= 0.6 is 0 Å². The summed E-state index contributed by atoms with van der Waals surface area (Å²) in [5.74, 6) is 0. The van der Waals surface area contributed by atoms with E-state index in [1.807, 2.05) is 0 Å². The molecule has 0 aliphatic rings. The predicted octanol–water partition coefficient (Wildman–Crippen LogP) is -1.90. The molecule has 0 amide bonds. The zero-order valence-corrected chi connectivity index (χ0v) is 6.49. The molecule has 0 aliphatic heterocycles. The third-order valence-corrected chi connectivity index (χ3v) is 0. The summed E-state index contributed by atoms with van der Waals surface area (Å²) in [5.41, 5.74) is 0. The minimum Gasteiger partial charge on any atom is -0.870 e. The van der Waals surface area contributed by atoms with Gasteiger partial charge >= 0.3 is 17.1 Å². The molecule has 0 aromatic carbocycles. The van der Waals surface area contributed by atoms with Gasteiger partial charge in [-0.3, -0.25) is 8.42 Å². The zero-order valence-electron chi connectivity index (χ0n) is 3.42. The van der Waals surface area contributed by atoms with Crippen molar-refractivity contribution in [3.05, 3.63) is 0 Å². The Labute approximate surface area is 68.0 Å². The molecule has 0 fully saturated rings. The standard InChI is InChI=1S/Al.Fe.H2O4S.H2O/c;;1-5(2,3)4;/h;;(H2,1,2,3,4);1H2/q;+2;;/p-3. The van der Waals surface area contributed by atoms with Crippen molar-refractivity contribution < 1.29 is 40.1 Å². The van der Waals surface area contributed by atoms with E-state index in [4.69, 9.17) is 17.5 Å². The molecule has 5 nitrogen and oxygen atoms in total. The molecule has 1 N–H and O–H groups in total. The summed E-state index contributed by atoms with van der Waals surface area (Å²) < 4.78 is 34.1. The van der Waals surface area contributed by atoms with Gasteiger partial charge < -0.3 is 14.6 Å². The Balaban J connectivity index is -0.0000000267. The monoisotopic (exact) mass is 196 g/mol. The van der Waals surface area contributed by atoms with Gasteiger partial charge in [-0.2, -0.15) is 0 Å². The minimum atomic E-state index is -5.17. The molecular weight excluding hydrogens is 195 g/mol. The largest absolute Gasteiger partial charge is 2.00 e. The number of hydrogen-bond donors (Lipinski definition) is 0. The topological polar surface area (TPSA) is 110 Å². The van der Waals surface area contributed by atoms with Crippen molar-refractivity contribution in [2.75, 3.05) is 0 Å². The zero-order chi connectivity index (χ0) is 4.50. The molecule has 0 aromatic rings. The molecule has 0 aromatic heterocycles. The maximum absolute atomic E-state index is 8.52. The fourth-order valence-electron chi connectivity index (χ4n) is 0. The number of hydrogen-bond acceptors (Lipinski definition) is 5. The van der Waals surface area contributed by atoms with Gasteiger partial charge in [0.2, 0.25) is 0 Å². The normalized spacial score (nSPS) is 7.25. The molecule has 8 heavy (non-hydrogen) atoms. The van der Waals surface area contributed by atoms with Crippen molar-refractivity contribution in [3.63, 3.8) is 0 Å². The van der Waals surface area contributed by atoms with Gasteiger partial charge in [0, 0.05) is 27.8 Å². The van der Waals surface area contributed by atoms with Gasteiger partial charge in [-0.15, -0.1) is 0 Å². The molecule has 3 radical (unpaired) electrons. The van der Waals surface area contributed by atoms with Crippen LogP contribution in [0.15, 0.2) is 0 Å². The van der Waals surface area contributed by atoms with Crippen LogP contribution in [0.5, 0.6) is 0 Å². The van der Waals surface area contributed by atoms with Crippen LogP contribution in [0.1, 0.15) is 0 Å². The van der Waals surface area contributed by atoms with E-state index in [9.17, 15) is 0 Å². The molecule has 8 heteroatoms. The van der Waals surface area contributed by atoms with Crippen LogP contribution in [0.25, 0.3) is 0 Å². The van der Waals surface area contributed by atoms with Crippen LogP contribution in [0, 0.1) is 0 Å². The van der Waals surface area contributed by atoms with Crippen LogP contribution in [0.2, 0.25) is 0 Å². The third-order valence-electron chi connectivity index (χ3n) is 0. The van der Waals surface area contributed by atoms with Gasteiger partial charge in [0.15, 0.2) is 0 Å². The maximum atomic E-state index is 8.52. The molecule has 0 atom stereocenters. The average molecular weight is 196 g/mol. The van der Waals surface area contributed by atoms with E-state index in [0.29, 0.717) is 0 Å². The van der Waals surface area contributed by atoms with E-state index >= 15 is 0 Å². The molecule has 0 saturated carbocycles. The molecule has 0 aliphatic carbocycles. The van der Waals surface area contributed by atoms with Gasteiger partial charge in [-0.1, -0.05) is 0 Å². The van der Waals surface area contributed by atoms with Crippen molar-refractivity contribution in [3.8, 4) is 0 Å². The van der Waals surface area contributed by atoms with Gasteiger partial charge in [0.1, 0.15) is 0 Å². The summed E-state index contributed by atoms with van der Waals surface area (Å²) in [5, 5.41) is 0. The number of rotatable bonds is 0. The Kier molecular flexibility index (Phi) is 22.8. The Hall–Kier alpha value is 0.882. The van der Waals surface area contributed by atoms with Crippen molar-refractivity contribution in [1.29, 1.82) is 0 Å². The van der Waals surface area contributed by atoms with Crippen LogP contribution in [-0.2, 0) is 27.5 Å². The van der Waals surface area contributed by atoms with Gasteiger partial charge in [0.25, 0.3) is 0 Å². The van der Waals surface area contributed by atoms with Crippen molar-refractivity contribution in [1.82, 2.24) is 0 Å². The SMILES string of the molecule is O=S(=O)([O-])[O-].[Al].[Fe+2].[OH-]. The van der Waals surface area contributed by atoms with E-state index in [1.54, 1.807) is 0 Å². The van der Waals surface area contributed by atoms with E-state index in [0.717, 1.165) is 0 Å². The summed E-state index contributed by atoms with van der Waals surface area (Å²) in [6.07, 6.45) is 0. The van der Waals surface area contributed by atoms with E-state index in [1.165, 1.54) is 0 Å². The van der Waals surface area contributed by atoms with Crippen LogP contribution in [-0.4, -0.2) is 40.4 Å². The Morgan fingerprint density at radius 3 is 1.12 bits per heavy atom. The van der Waals surface area contributed by atoms with Crippen molar-refractivity contribution in [2.45, 2.75) is 0 Å². The van der Waals surface area contributed by atoms with Gasteiger partial charge in [-0.05, 0) is 0 Å². The molecular formula is HAlFeO5S-. The second-order valence-electron chi connectivity index (χ2n) is 0.408. The molecule has 0 heterocycles. The first-order valence-electron chi connectivity index (χ1n) is 0.667. The van der Waals surface area contributed by atoms with Gasteiger partial charge in [0.05, 0.1) is 0 Å². The Morgan fingerprint density at radius 2 is 1.12 bits per heavy atom. The van der Waals surface area contributed by atoms with E-state index in [2.05, 4.69) is 0 Å². The summed E-state index contributed by atoms with van der Waals surface area (Å²) in [6, 6.07) is 0. The van der Waals surface area contributed by atoms with Crippen LogP contribution in [0.4, 0.5) is 0 Å². The maximum Gasteiger partial charge on any atom is 2.00 e. The molecule has 49 valence electrons. The second kappa shape index (κ2) is 7.88. The smallest absolute Gasteiger partial charge is 0.870 e. The first kappa shape index (κ1) is 23.2. The average Bonchev–Trinajstić information content (AvgIpc) is 0.722. The van der Waals surface area contributed by atoms with Crippen molar-refractivity contribution >= 4 is 27.8 Å². The van der Waals surface area contributed by atoms with Crippen LogP contribution < -0.4 is 0 Å². The summed E-state index contributed by atoms with van der Waals surface area (Å²) in [6.45, 7) is 0. The Morgan fingerprint density at radius 1 is 1.12 bits per heavy atom. The second-order valence-corrected chi connectivity index (χ2v) is 1.22. The summed E-state index contributed by atoms with van der Waals surface area (Å²) in [4.78, 5) is 0. The van der Waals surface area contributed by atoms with Gasteiger partial charge in [-0.25, -0.2) is 0 Å². The summed E-state index contributed by atoms with van der Waals surface area (Å²) in [7, 11) is -5.17. The van der Waals surface area contributed by atoms with E-state index in [-0.39, 0.29) is 39.9 Å². The molecule has 0 rings (SSSR count). The summed E-state index contributed by atoms with van der Waals surface area (Å²) >= 11 is 0. The first-order valence-corrected chi connectivity index (χ1v) is 2.00. The molecule has 0 unspecified atom stereocenters. The van der Waals surface area contributed by atoms with E-state index < -0.39 is 10.4 Å². The predicted molar refractivity (Wildman–Crippen MR) is 18.2 cm³/mol. The fourth-order valence-corrected chi connectivity index (χ4v) is 0. The Bertz CT molecular complexity index is 95.6. The molecule has 0 spiro atoms. The minimum absolute atomic E-state index is 0. The third kappa shape index (κ3) is 306. The quantitative estimate of drug-likeness (QED) is 0.255. The van der Waals surface area contributed by atoms with Crippen LogP contribution in [0.3, 0.4) is 0 Å².